The molecule has 0 aromatic heterocycles. The maximum Gasteiger partial charge on any atom is 0.315 e. The summed E-state index contributed by atoms with van der Waals surface area (Å²) >= 11 is 0. The number of methoxy groups -OCH3 is 2. The summed E-state index contributed by atoms with van der Waals surface area (Å²) in [6, 6.07) is -0.120. The second kappa shape index (κ2) is 9.24. The van der Waals surface area contributed by atoms with Crippen LogP contribution >= 0.6 is 0 Å². The molecule has 4 rings (SSSR count). The molecule has 27 heavy (non-hydrogen) atoms. The van der Waals surface area contributed by atoms with Crippen LogP contribution in [0.2, 0.25) is 0 Å². The van der Waals surface area contributed by atoms with E-state index in [4.69, 9.17) is 9.47 Å². The van der Waals surface area contributed by atoms with Crippen LogP contribution in [0.15, 0.2) is 0 Å². The number of amides is 3. The zero-order chi connectivity index (χ0) is 19.3. The molecular formula is C20H35N3O4. The third kappa shape index (κ3) is 5.35. The van der Waals surface area contributed by atoms with E-state index >= 15 is 0 Å². The van der Waals surface area contributed by atoms with Crippen molar-refractivity contribution in [3.05, 3.63) is 0 Å². The van der Waals surface area contributed by atoms with Gasteiger partial charge in [-0.2, -0.15) is 0 Å². The predicted octanol–water partition coefficient (Wildman–Crippen LogP) is 1.77. The van der Waals surface area contributed by atoms with Crippen LogP contribution in [0.3, 0.4) is 0 Å². The molecule has 0 heterocycles. The summed E-state index contributed by atoms with van der Waals surface area (Å²) in [6.07, 6.45) is 7.76. The summed E-state index contributed by atoms with van der Waals surface area (Å²) in [4.78, 5) is 26.6. The second-order valence-electron chi connectivity index (χ2n) is 8.70. The minimum absolute atomic E-state index is 0.00576. The highest BCUT2D eigenvalue weighted by atomic mass is 16.5. The van der Waals surface area contributed by atoms with Gasteiger partial charge in [0.25, 0.3) is 0 Å². The quantitative estimate of drug-likeness (QED) is 0.604. The zero-order valence-corrected chi connectivity index (χ0v) is 16.8. The first-order valence-electron chi connectivity index (χ1n) is 10.4. The molecule has 3 amide bonds. The fourth-order valence-corrected chi connectivity index (χ4v) is 5.75. The lowest BCUT2D eigenvalue weighted by Crippen LogP contribution is -2.61. The fourth-order valence-electron chi connectivity index (χ4n) is 5.75. The number of carbonyl (C=O) groups is 2. The van der Waals surface area contributed by atoms with Crippen LogP contribution in [0.4, 0.5) is 4.79 Å². The van der Waals surface area contributed by atoms with Crippen LogP contribution in [0, 0.1) is 17.8 Å². The molecule has 2 N–H and O–H groups in total. The Morgan fingerprint density at radius 3 is 1.96 bits per heavy atom. The SMILES string of the molecule is COCCN(CCOC)C(=O)CCNC(=O)NC12CC3CC(CC(C3)C1)C2. The Morgan fingerprint density at radius 1 is 0.963 bits per heavy atom. The summed E-state index contributed by atoms with van der Waals surface area (Å²) in [5, 5.41) is 6.18. The summed E-state index contributed by atoms with van der Waals surface area (Å²) in [6.45, 7) is 2.43. The van der Waals surface area contributed by atoms with Crippen LogP contribution in [0.25, 0.3) is 0 Å². The maximum atomic E-state index is 12.4. The molecule has 0 saturated heterocycles. The highest BCUT2D eigenvalue weighted by Crippen LogP contribution is 2.55. The molecule has 154 valence electrons. The molecule has 7 nitrogen and oxygen atoms in total. The van der Waals surface area contributed by atoms with Crippen LogP contribution < -0.4 is 10.6 Å². The average Bonchev–Trinajstić information content (AvgIpc) is 2.60. The molecule has 0 aliphatic heterocycles. The largest absolute Gasteiger partial charge is 0.383 e. The summed E-state index contributed by atoms with van der Waals surface area (Å²) < 4.78 is 10.1. The van der Waals surface area contributed by atoms with Crippen molar-refractivity contribution in [2.45, 2.75) is 50.5 Å². The minimum Gasteiger partial charge on any atom is -0.383 e. The first kappa shape index (κ1) is 20.4. The lowest BCUT2D eigenvalue weighted by Gasteiger charge is -2.56. The van der Waals surface area contributed by atoms with E-state index in [0.29, 0.717) is 39.3 Å². The van der Waals surface area contributed by atoms with E-state index in [1.807, 2.05) is 0 Å². The Labute approximate surface area is 162 Å². The molecule has 4 aliphatic rings. The van der Waals surface area contributed by atoms with Crippen molar-refractivity contribution >= 4 is 11.9 Å². The lowest BCUT2D eigenvalue weighted by molar-refractivity contribution is -0.132. The van der Waals surface area contributed by atoms with E-state index in [9.17, 15) is 9.59 Å². The summed E-state index contributed by atoms with van der Waals surface area (Å²) in [5.74, 6) is 2.41. The Balaban J connectivity index is 1.40. The highest BCUT2D eigenvalue weighted by Gasteiger charge is 2.51. The molecule has 7 heteroatoms. The second-order valence-corrected chi connectivity index (χ2v) is 8.70. The van der Waals surface area contributed by atoms with Gasteiger partial charge in [-0.3, -0.25) is 4.79 Å². The predicted molar refractivity (Wildman–Crippen MR) is 102 cm³/mol. The topological polar surface area (TPSA) is 79.9 Å². The number of hydrogen-bond acceptors (Lipinski definition) is 4. The minimum atomic E-state index is -0.120. The van der Waals surface area contributed by atoms with Crippen molar-refractivity contribution in [1.29, 1.82) is 0 Å². The number of nitrogens with zero attached hydrogens (tertiary/aromatic N) is 1. The Morgan fingerprint density at radius 2 is 1.48 bits per heavy atom. The zero-order valence-electron chi connectivity index (χ0n) is 16.8. The van der Waals surface area contributed by atoms with Gasteiger partial charge in [0.2, 0.25) is 5.91 Å². The van der Waals surface area contributed by atoms with Crippen molar-refractivity contribution in [3.8, 4) is 0 Å². The van der Waals surface area contributed by atoms with Gasteiger partial charge in [0, 0.05) is 45.8 Å². The first-order chi connectivity index (χ1) is 13.0. The smallest absolute Gasteiger partial charge is 0.315 e. The Hall–Kier alpha value is -1.34. The van der Waals surface area contributed by atoms with Crippen molar-refractivity contribution in [2.75, 3.05) is 47.1 Å². The van der Waals surface area contributed by atoms with Gasteiger partial charge in [-0.15, -0.1) is 0 Å². The molecular weight excluding hydrogens is 346 g/mol. The van der Waals surface area contributed by atoms with E-state index < -0.39 is 0 Å². The van der Waals surface area contributed by atoms with Gasteiger partial charge in [0.15, 0.2) is 0 Å². The van der Waals surface area contributed by atoms with E-state index in [0.717, 1.165) is 37.0 Å². The van der Waals surface area contributed by atoms with Gasteiger partial charge >= 0.3 is 6.03 Å². The average molecular weight is 382 g/mol. The van der Waals surface area contributed by atoms with E-state index in [1.54, 1.807) is 19.1 Å². The maximum absolute atomic E-state index is 12.4. The highest BCUT2D eigenvalue weighted by molar-refractivity contribution is 5.78. The van der Waals surface area contributed by atoms with Gasteiger partial charge in [-0.1, -0.05) is 0 Å². The molecule has 0 aromatic rings. The van der Waals surface area contributed by atoms with E-state index in [1.165, 1.54) is 19.3 Å². The van der Waals surface area contributed by atoms with Crippen molar-refractivity contribution in [2.24, 2.45) is 17.8 Å². The van der Waals surface area contributed by atoms with Gasteiger partial charge in [-0.05, 0) is 56.3 Å². The summed E-state index contributed by atoms with van der Waals surface area (Å²) in [7, 11) is 3.24. The fraction of sp³-hybridized carbons (Fsp3) is 0.900. The monoisotopic (exact) mass is 381 g/mol. The normalized spacial score (nSPS) is 31.0. The third-order valence-corrected chi connectivity index (χ3v) is 6.52. The van der Waals surface area contributed by atoms with Crippen LogP contribution in [0.1, 0.15) is 44.9 Å². The van der Waals surface area contributed by atoms with Crippen LogP contribution in [0.5, 0.6) is 0 Å². The molecule has 0 atom stereocenters. The van der Waals surface area contributed by atoms with E-state index in [-0.39, 0.29) is 17.5 Å². The standard InChI is InChI=1S/C20H35N3O4/c1-26-7-5-23(6-8-27-2)18(24)3-4-21-19(25)22-20-12-15-9-16(13-20)11-17(10-15)14-20/h15-17H,3-14H2,1-2H3,(H2,21,22,25). The third-order valence-electron chi connectivity index (χ3n) is 6.52. The van der Waals surface area contributed by atoms with Crippen LogP contribution in [-0.2, 0) is 14.3 Å². The number of carbonyl (C=O) groups excluding carboxylic acids is 2. The Kier molecular flexibility index (Phi) is 6.98. The Bertz CT molecular complexity index is 482. The van der Waals surface area contributed by atoms with Crippen molar-refractivity contribution < 1.29 is 19.1 Å². The van der Waals surface area contributed by atoms with Crippen molar-refractivity contribution in [1.82, 2.24) is 15.5 Å². The number of hydrogen-bond donors (Lipinski definition) is 2. The van der Waals surface area contributed by atoms with Gasteiger partial charge in [0.1, 0.15) is 0 Å². The number of ether oxygens (including phenoxy) is 2. The molecule has 4 fully saturated rings. The van der Waals surface area contributed by atoms with Gasteiger partial charge in [0.05, 0.1) is 13.2 Å². The lowest BCUT2D eigenvalue weighted by atomic mass is 9.53. The van der Waals surface area contributed by atoms with Gasteiger partial charge < -0.3 is 25.0 Å². The molecule has 4 aliphatic carbocycles. The number of urea groups is 1. The first-order valence-corrected chi connectivity index (χ1v) is 10.4. The van der Waals surface area contributed by atoms with E-state index in [2.05, 4.69) is 10.6 Å². The van der Waals surface area contributed by atoms with Crippen LogP contribution in [-0.4, -0.2) is 69.4 Å². The molecule has 0 aromatic carbocycles. The molecule has 4 bridgehead atoms. The number of rotatable bonds is 10. The molecule has 0 spiro atoms. The number of nitrogens with one attached hydrogen (secondary N) is 2. The molecule has 4 saturated carbocycles. The molecule has 0 unspecified atom stereocenters. The summed E-state index contributed by atoms with van der Waals surface area (Å²) in [5.41, 5.74) is 0.00576. The van der Waals surface area contributed by atoms with Crippen molar-refractivity contribution in [3.63, 3.8) is 0 Å². The van der Waals surface area contributed by atoms with Gasteiger partial charge in [-0.25, -0.2) is 4.79 Å². The molecule has 0 radical (unpaired) electrons.